The molecule has 0 fully saturated rings. The van der Waals surface area contributed by atoms with E-state index in [9.17, 15) is 9.59 Å². The molecule has 0 aliphatic heterocycles. The Kier molecular flexibility index (Phi) is 7.24. The van der Waals surface area contributed by atoms with Crippen LogP contribution in [0.15, 0.2) is 29.2 Å². The van der Waals surface area contributed by atoms with Crippen LogP contribution in [0.1, 0.15) is 20.8 Å². The first-order chi connectivity index (χ1) is 10.3. The Balaban J connectivity index is 2.72. The SMILES string of the molecule is CSc1ccc(OC(C)C(=O)N(CC(=O)O)CC(C)C)cc1. The van der Waals surface area contributed by atoms with Gasteiger partial charge in [-0.2, -0.15) is 0 Å². The molecule has 0 heterocycles. The Morgan fingerprint density at radius 2 is 1.82 bits per heavy atom. The van der Waals surface area contributed by atoms with Gasteiger partial charge in [0.2, 0.25) is 0 Å². The van der Waals surface area contributed by atoms with Gasteiger partial charge in [-0.15, -0.1) is 11.8 Å². The lowest BCUT2D eigenvalue weighted by Gasteiger charge is -2.26. The number of hydrogen-bond donors (Lipinski definition) is 1. The lowest BCUT2D eigenvalue weighted by molar-refractivity contribution is -0.147. The Hall–Kier alpha value is -1.69. The Morgan fingerprint density at radius 1 is 1.23 bits per heavy atom. The third-order valence-corrected chi connectivity index (χ3v) is 3.69. The molecule has 1 aromatic carbocycles. The number of hydrogen-bond acceptors (Lipinski definition) is 4. The average Bonchev–Trinajstić information content (AvgIpc) is 2.45. The molecule has 1 rings (SSSR count). The van der Waals surface area contributed by atoms with Crippen molar-refractivity contribution in [1.29, 1.82) is 0 Å². The van der Waals surface area contributed by atoms with Crippen LogP contribution in [-0.4, -0.2) is 47.3 Å². The van der Waals surface area contributed by atoms with Gasteiger partial charge in [0.1, 0.15) is 12.3 Å². The molecule has 0 aliphatic rings. The van der Waals surface area contributed by atoms with Crippen molar-refractivity contribution in [3.05, 3.63) is 24.3 Å². The van der Waals surface area contributed by atoms with Gasteiger partial charge in [0.25, 0.3) is 5.91 Å². The molecule has 0 spiro atoms. The summed E-state index contributed by atoms with van der Waals surface area (Å²) in [4.78, 5) is 25.7. The summed E-state index contributed by atoms with van der Waals surface area (Å²) in [5.41, 5.74) is 0. The van der Waals surface area contributed by atoms with E-state index in [1.807, 2.05) is 32.2 Å². The predicted molar refractivity (Wildman–Crippen MR) is 87.4 cm³/mol. The molecule has 0 radical (unpaired) electrons. The molecule has 1 amide bonds. The zero-order chi connectivity index (χ0) is 16.7. The summed E-state index contributed by atoms with van der Waals surface area (Å²) in [6.45, 7) is 5.60. The van der Waals surface area contributed by atoms with Gasteiger partial charge < -0.3 is 14.7 Å². The second-order valence-electron chi connectivity index (χ2n) is 5.44. The van der Waals surface area contributed by atoms with Crippen LogP contribution >= 0.6 is 11.8 Å². The highest BCUT2D eigenvalue weighted by Crippen LogP contribution is 2.20. The van der Waals surface area contributed by atoms with Crippen molar-refractivity contribution < 1.29 is 19.4 Å². The van der Waals surface area contributed by atoms with E-state index in [4.69, 9.17) is 9.84 Å². The largest absolute Gasteiger partial charge is 0.481 e. The van der Waals surface area contributed by atoms with E-state index in [-0.39, 0.29) is 18.4 Å². The predicted octanol–water partition coefficient (Wildman–Crippen LogP) is 2.75. The van der Waals surface area contributed by atoms with Crippen molar-refractivity contribution in [3.8, 4) is 5.75 Å². The molecule has 122 valence electrons. The summed E-state index contributed by atoms with van der Waals surface area (Å²) in [6, 6.07) is 7.44. The molecule has 6 heteroatoms. The Labute approximate surface area is 135 Å². The van der Waals surface area contributed by atoms with Crippen LogP contribution in [0.5, 0.6) is 5.75 Å². The third kappa shape index (κ3) is 5.97. The number of carboxylic acid groups (broad SMARTS) is 1. The molecule has 22 heavy (non-hydrogen) atoms. The lowest BCUT2D eigenvalue weighted by Crippen LogP contribution is -2.44. The van der Waals surface area contributed by atoms with Gasteiger partial charge in [-0.3, -0.25) is 9.59 Å². The second-order valence-corrected chi connectivity index (χ2v) is 6.32. The molecule has 1 aromatic rings. The number of nitrogens with zero attached hydrogens (tertiary/aromatic N) is 1. The molecule has 0 saturated heterocycles. The first kappa shape index (κ1) is 18.4. The maximum Gasteiger partial charge on any atom is 0.323 e. The average molecular weight is 325 g/mol. The van der Waals surface area contributed by atoms with Crippen LogP contribution in [-0.2, 0) is 9.59 Å². The van der Waals surface area contributed by atoms with Gasteiger partial charge in [0.05, 0.1) is 0 Å². The normalized spacial score (nSPS) is 12.0. The van der Waals surface area contributed by atoms with Crippen molar-refractivity contribution in [1.82, 2.24) is 4.90 Å². The van der Waals surface area contributed by atoms with Gasteiger partial charge in [-0.05, 0) is 43.4 Å². The van der Waals surface area contributed by atoms with Crippen molar-refractivity contribution in [3.63, 3.8) is 0 Å². The zero-order valence-electron chi connectivity index (χ0n) is 13.4. The fourth-order valence-electron chi connectivity index (χ4n) is 2.00. The first-order valence-electron chi connectivity index (χ1n) is 7.14. The summed E-state index contributed by atoms with van der Waals surface area (Å²) in [7, 11) is 0. The topological polar surface area (TPSA) is 66.8 Å². The van der Waals surface area contributed by atoms with Crippen LogP contribution < -0.4 is 4.74 Å². The minimum Gasteiger partial charge on any atom is -0.481 e. The molecular weight excluding hydrogens is 302 g/mol. The Morgan fingerprint density at radius 3 is 2.27 bits per heavy atom. The molecule has 0 saturated carbocycles. The smallest absolute Gasteiger partial charge is 0.323 e. The molecule has 0 aliphatic carbocycles. The van der Waals surface area contributed by atoms with Gasteiger partial charge in [0, 0.05) is 11.4 Å². The fourth-order valence-corrected chi connectivity index (χ4v) is 2.41. The highest BCUT2D eigenvalue weighted by Gasteiger charge is 2.24. The first-order valence-corrected chi connectivity index (χ1v) is 8.37. The standard InChI is InChI=1S/C16H23NO4S/c1-11(2)9-17(10-15(18)19)16(20)12(3)21-13-5-7-14(22-4)8-6-13/h5-8,11-12H,9-10H2,1-4H3,(H,18,19). The van der Waals surface area contributed by atoms with Crippen LogP contribution in [0, 0.1) is 5.92 Å². The summed E-state index contributed by atoms with van der Waals surface area (Å²) in [5.74, 6) is -0.551. The quantitative estimate of drug-likeness (QED) is 0.744. The monoisotopic (exact) mass is 325 g/mol. The molecular formula is C16H23NO4S. The van der Waals surface area contributed by atoms with Gasteiger partial charge in [0.15, 0.2) is 6.10 Å². The molecule has 1 atom stereocenters. The lowest BCUT2D eigenvalue weighted by atomic mass is 10.2. The van der Waals surface area contributed by atoms with E-state index in [1.54, 1.807) is 30.8 Å². The highest BCUT2D eigenvalue weighted by atomic mass is 32.2. The summed E-state index contributed by atoms with van der Waals surface area (Å²) in [5, 5.41) is 8.94. The third-order valence-electron chi connectivity index (χ3n) is 2.94. The number of amides is 1. The minimum absolute atomic E-state index is 0.191. The van der Waals surface area contributed by atoms with Crippen LogP contribution in [0.25, 0.3) is 0 Å². The van der Waals surface area contributed by atoms with Gasteiger partial charge >= 0.3 is 5.97 Å². The van der Waals surface area contributed by atoms with Crippen molar-refractivity contribution in [2.75, 3.05) is 19.3 Å². The molecule has 0 aromatic heterocycles. The molecule has 1 unspecified atom stereocenters. The molecule has 0 bridgehead atoms. The number of ether oxygens (including phenoxy) is 1. The van der Waals surface area contributed by atoms with Crippen LogP contribution in [0.3, 0.4) is 0 Å². The number of carbonyl (C=O) groups is 2. The van der Waals surface area contributed by atoms with Gasteiger partial charge in [-0.1, -0.05) is 13.8 Å². The van der Waals surface area contributed by atoms with Crippen molar-refractivity contribution in [2.45, 2.75) is 31.8 Å². The highest BCUT2D eigenvalue weighted by molar-refractivity contribution is 7.98. The second kappa shape index (κ2) is 8.68. The van der Waals surface area contributed by atoms with E-state index in [2.05, 4.69) is 0 Å². The molecule has 1 N–H and O–H groups in total. The molecule has 5 nitrogen and oxygen atoms in total. The van der Waals surface area contributed by atoms with Crippen LogP contribution in [0.4, 0.5) is 0 Å². The number of rotatable bonds is 8. The maximum absolute atomic E-state index is 12.4. The summed E-state index contributed by atoms with van der Waals surface area (Å²) >= 11 is 1.63. The number of carbonyl (C=O) groups excluding carboxylic acids is 1. The van der Waals surface area contributed by atoms with E-state index in [0.717, 1.165) is 4.90 Å². The van der Waals surface area contributed by atoms with E-state index < -0.39 is 12.1 Å². The zero-order valence-corrected chi connectivity index (χ0v) is 14.2. The Bertz CT molecular complexity index is 501. The maximum atomic E-state index is 12.4. The number of aliphatic carboxylic acids is 1. The van der Waals surface area contributed by atoms with E-state index >= 15 is 0 Å². The van der Waals surface area contributed by atoms with E-state index in [0.29, 0.717) is 12.3 Å². The van der Waals surface area contributed by atoms with Crippen molar-refractivity contribution in [2.24, 2.45) is 5.92 Å². The van der Waals surface area contributed by atoms with Crippen LogP contribution in [0.2, 0.25) is 0 Å². The van der Waals surface area contributed by atoms with E-state index in [1.165, 1.54) is 4.90 Å². The van der Waals surface area contributed by atoms with Crippen molar-refractivity contribution >= 4 is 23.6 Å². The summed E-state index contributed by atoms with van der Waals surface area (Å²) in [6.07, 6.45) is 1.26. The number of carboxylic acids is 1. The van der Waals surface area contributed by atoms with Gasteiger partial charge in [-0.25, -0.2) is 0 Å². The number of benzene rings is 1. The minimum atomic E-state index is -1.02. The number of thioether (sulfide) groups is 1. The summed E-state index contributed by atoms with van der Waals surface area (Å²) < 4.78 is 5.63. The fraction of sp³-hybridized carbons (Fsp3) is 0.500.